The van der Waals surface area contributed by atoms with Crippen LogP contribution >= 0.6 is 0 Å². The average Bonchev–Trinajstić information content (AvgIpc) is 3.29. The molecule has 0 unspecified atom stereocenters. The molecule has 0 spiro atoms. The highest BCUT2D eigenvalue weighted by molar-refractivity contribution is 5.89. The molecule has 1 N–H and O–H groups in total. The summed E-state index contributed by atoms with van der Waals surface area (Å²) in [7, 11) is 0. The largest absolute Gasteiger partial charge is 0.447 e. The van der Waals surface area contributed by atoms with E-state index in [2.05, 4.69) is 71.5 Å². The van der Waals surface area contributed by atoms with Gasteiger partial charge in [0.15, 0.2) is 0 Å². The first-order valence-electron chi connectivity index (χ1n) is 10.5. The Morgan fingerprint density at radius 1 is 1.13 bits per heavy atom. The van der Waals surface area contributed by atoms with Crippen LogP contribution in [0.5, 0.6) is 0 Å². The Hall–Kier alpha value is -3.42. The summed E-state index contributed by atoms with van der Waals surface area (Å²) >= 11 is 0. The van der Waals surface area contributed by atoms with Crippen molar-refractivity contribution in [2.45, 2.75) is 46.7 Å². The topological polar surface area (TPSA) is 85.2 Å². The van der Waals surface area contributed by atoms with Gasteiger partial charge in [-0.15, -0.1) is 0 Å². The van der Waals surface area contributed by atoms with E-state index in [9.17, 15) is 4.79 Å². The number of carbonyl (C=O) groups is 1. The predicted molar refractivity (Wildman–Crippen MR) is 120 cm³/mol. The summed E-state index contributed by atoms with van der Waals surface area (Å²) in [5.41, 5.74) is 4.21. The summed E-state index contributed by atoms with van der Waals surface area (Å²) in [6, 6.07) is 12.0. The number of anilines is 2. The first kappa shape index (κ1) is 20.8. The summed E-state index contributed by atoms with van der Waals surface area (Å²) in [6.07, 6.45) is 1.29. The number of carbonyl (C=O) groups excluding carboxylic acids is 1. The maximum absolute atomic E-state index is 12.2. The fourth-order valence-electron chi connectivity index (χ4n) is 3.81. The Labute approximate surface area is 182 Å². The number of hydrogen-bond donors (Lipinski definition) is 1. The number of cyclic esters (lactones) is 1. The molecule has 1 aromatic carbocycles. The molecule has 1 saturated heterocycles. The van der Waals surface area contributed by atoms with E-state index >= 15 is 0 Å². The van der Waals surface area contributed by atoms with Gasteiger partial charge in [0.05, 0.1) is 23.5 Å². The molecule has 162 valence electrons. The summed E-state index contributed by atoms with van der Waals surface area (Å²) in [6.45, 7) is 10.6. The molecule has 0 saturated carbocycles. The number of ether oxygens (including phenoxy) is 1. The van der Waals surface area contributed by atoms with Crippen molar-refractivity contribution in [1.29, 1.82) is 0 Å². The van der Waals surface area contributed by atoms with E-state index < -0.39 is 0 Å². The van der Waals surface area contributed by atoms with Crippen LogP contribution in [0.1, 0.15) is 43.8 Å². The summed E-state index contributed by atoms with van der Waals surface area (Å²) in [5.74, 6) is 1.28. The predicted octanol–water partition coefficient (Wildman–Crippen LogP) is 4.43. The molecule has 8 nitrogen and oxygen atoms in total. The van der Waals surface area contributed by atoms with Crippen molar-refractivity contribution in [1.82, 2.24) is 19.7 Å². The highest BCUT2D eigenvalue weighted by Crippen LogP contribution is 2.27. The number of aromatic nitrogens is 4. The molecule has 31 heavy (non-hydrogen) atoms. The quantitative estimate of drug-likeness (QED) is 0.635. The normalized spacial score (nSPS) is 17.2. The zero-order chi connectivity index (χ0) is 22.1. The van der Waals surface area contributed by atoms with E-state index in [0.717, 1.165) is 22.6 Å². The maximum Gasteiger partial charge on any atom is 0.415 e. The van der Waals surface area contributed by atoms with Gasteiger partial charge in [-0.3, -0.25) is 4.90 Å². The van der Waals surface area contributed by atoms with Gasteiger partial charge >= 0.3 is 6.09 Å². The highest BCUT2D eigenvalue weighted by Gasteiger charge is 2.37. The molecule has 4 rings (SSSR count). The van der Waals surface area contributed by atoms with Crippen molar-refractivity contribution < 1.29 is 9.53 Å². The monoisotopic (exact) mass is 420 g/mol. The lowest BCUT2D eigenvalue weighted by molar-refractivity contribution is 0.177. The first-order chi connectivity index (χ1) is 14.8. The zero-order valence-corrected chi connectivity index (χ0v) is 18.5. The second-order valence-corrected chi connectivity index (χ2v) is 8.29. The molecule has 1 fully saturated rings. The zero-order valence-electron chi connectivity index (χ0n) is 18.5. The van der Waals surface area contributed by atoms with Gasteiger partial charge in [0.25, 0.3) is 0 Å². The van der Waals surface area contributed by atoms with Gasteiger partial charge in [0, 0.05) is 11.9 Å². The van der Waals surface area contributed by atoms with Crippen LogP contribution in [0, 0.1) is 19.8 Å². The standard InChI is InChI=1S/C23H28N6O2/c1-14(2)20-13-31-23(30)28(20)21-10-11-24-22(26-21)25-17(5)18-6-8-19(9-7-18)29-16(4)12-15(3)27-29/h6-12,14,17,20H,13H2,1-5H3,(H,24,25,26)/t17-,20-/m1/s1. The van der Waals surface area contributed by atoms with Gasteiger partial charge in [0.2, 0.25) is 5.95 Å². The van der Waals surface area contributed by atoms with Crippen LogP contribution in [0.3, 0.4) is 0 Å². The van der Waals surface area contributed by atoms with E-state index in [4.69, 9.17) is 4.74 Å². The van der Waals surface area contributed by atoms with Crippen molar-refractivity contribution in [3.05, 3.63) is 59.5 Å². The van der Waals surface area contributed by atoms with Gasteiger partial charge in [-0.2, -0.15) is 10.1 Å². The fourth-order valence-corrected chi connectivity index (χ4v) is 3.81. The smallest absolute Gasteiger partial charge is 0.415 e. The third-order valence-electron chi connectivity index (χ3n) is 5.56. The Bertz CT molecular complexity index is 1080. The second-order valence-electron chi connectivity index (χ2n) is 8.29. The molecule has 0 aliphatic carbocycles. The molecule has 2 aromatic heterocycles. The SMILES string of the molecule is Cc1cc(C)n(-c2ccc([C@@H](C)Nc3nccc(N4C(=O)OC[C@@H]4C(C)C)n3)cc2)n1. The Morgan fingerprint density at radius 3 is 2.52 bits per heavy atom. The molecule has 1 aliphatic heterocycles. The van der Waals surface area contributed by atoms with Crippen molar-refractivity contribution in [3.8, 4) is 5.69 Å². The lowest BCUT2D eigenvalue weighted by Crippen LogP contribution is -2.37. The molecule has 0 radical (unpaired) electrons. The highest BCUT2D eigenvalue weighted by atomic mass is 16.6. The minimum absolute atomic E-state index is 0.0174. The van der Waals surface area contributed by atoms with Crippen LogP contribution in [0.25, 0.3) is 5.69 Å². The lowest BCUT2D eigenvalue weighted by Gasteiger charge is -2.23. The van der Waals surface area contributed by atoms with E-state index in [1.807, 2.05) is 18.5 Å². The summed E-state index contributed by atoms with van der Waals surface area (Å²) < 4.78 is 7.18. The number of aryl methyl sites for hydroxylation is 2. The van der Waals surface area contributed by atoms with Gasteiger partial charge in [-0.05, 0) is 56.5 Å². The van der Waals surface area contributed by atoms with Crippen molar-refractivity contribution >= 4 is 17.9 Å². The Balaban J connectivity index is 1.50. The number of hydrogen-bond acceptors (Lipinski definition) is 6. The minimum atomic E-state index is -0.365. The van der Waals surface area contributed by atoms with Gasteiger partial charge < -0.3 is 10.1 Å². The summed E-state index contributed by atoms with van der Waals surface area (Å²) in [4.78, 5) is 22.8. The molecule has 2 atom stereocenters. The number of rotatable bonds is 6. The number of nitrogens with zero attached hydrogens (tertiary/aromatic N) is 5. The van der Waals surface area contributed by atoms with Crippen LogP contribution in [-0.4, -0.2) is 38.5 Å². The van der Waals surface area contributed by atoms with E-state index in [-0.39, 0.29) is 24.1 Å². The van der Waals surface area contributed by atoms with Crippen LogP contribution in [0.4, 0.5) is 16.6 Å². The molecular formula is C23H28N6O2. The molecule has 8 heteroatoms. The van der Waals surface area contributed by atoms with Crippen LogP contribution in [-0.2, 0) is 4.74 Å². The van der Waals surface area contributed by atoms with E-state index in [1.165, 1.54) is 0 Å². The van der Waals surface area contributed by atoms with Crippen molar-refractivity contribution in [2.75, 3.05) is 16.8 Å². The minimum Gasteiger partial charge on any atom is -0.447 e. The molecule has 1 amide bonds. The third-order valence-corrected chi connectivity index (χ3v) is 5.56. The Kier molecular flexibility index (Phi) is 5.63. The third kappa shape index (κ3) is 4.23. The fraction of sp³-hybridized carbons (Fsp3) is 0.391. The van der Waals surface area contributed by atoms with Crippen molar-refractivity contribution in [3.63, 3.8) is 0 Å². The van der Waals surface area contributed by atoms with Crippen LogP contribution in [0.2, 0.25) is 0 Å². The average molecular weight is 421 g/mol. The van der Waals surface area contributed by atoms with Gasteiger partial charge in [-0.25, -0.2) is 14.5 Å². The first-order valence-corrected chi connectivity index (χ1v) is 10.5. The van der Waals surface area contributed by atoms with Gasteiger partial charge in [0.1, 0.15) is 12.4 Å². The maximum atomic E-state index is 12.2. The number of benzene rings is 1. The lowest BCUT2D eigenvalue weighted by atomic mass is 10.0. The van der Waals surface area contributed by atoms with Crippen LogP contribution < -0.4 is 10.2 Å². The van der Waals surface area contributed by atoms with Crippen molar-refractivity contribution in [2.24, 2.45) is 5.92 Å². The molecule has 0 bridgehead atoms. The van der Waals surface area contributed by atoms with E-state index in [1.54, 1.807) is 17.2 Å². The Morgan fingerprint density at radius 2 is 1.87 bits per heavy atom. The van der Waals surface area contributed by atoms with Gasteiger partial charge in [-0.1, -0.05) is 26.0 Å². The number of nitrogens with one attached hydrogen (secondary N) is 1. The summed E-state index contributed by atoms with van der Waals surface area (Å²) in [5, 5.41) is 7.87. The van der Waals surface area contributed by atoms with E-state index in [0.29, 0.717) is 18.4 Å². The molecular weight excluding hydrogens is 392 g/mol. The number of amides is 1. The molecule has 3 aromatic rings. The molecule has 3 heterocycles. The molecule has 1 aliphatic rings. The second kappa shape index (κ2) is 8.37. The van der Waals surface area contributed by atoms with Crippen LogP contribution in [0.15, 0.2) is 42.6 Å².